The van der Waals surface area contributed by atoms with Gasteiger partial charge in [0.15, 0.2) is 0 Å². The normalized spacial score (nSPS) is 37.5. The second-order valence-electron chi connectivity index (χ2n) is 11.3. The molecule has 2 fully saturated rings. The first-order chi connectivity index (χ1) is 16.2. The van der Waals surface area contributed by atoms with Crippen LogP contribution in [0.5, 0.6) is 0 Å². The number of fused-ring (bicyclic) bond motifs is 1. The predicted octanol–water partition coefficient (Wildman–Crippen LogP) is 4.48. The number of aryl methyl sites for hydroxylation is 1. The minimum absolute atomic E-state index is 0.0455. The number of carbonyl (C=O) groups excluding carboxylic acids is 2. The van der Waals surface area contributed by atoms with Crippen LogP contribution in [0.4, 0.5) is 0 Å². The first-order valence-electron chi connectivity index (χ1n) is 12.6. The van der Waals surface area contributed by atoms with Crippen molar-refractivity contribution >= 4 is 29.2 Å². The average molecular weight is 508 g/mol. The molecule has 4 unspecified atom stereocenters. The van der Waals surface area contributed by atoms with Crippen molar-refractivity contribution in [1.29, 1.82) is 0 Å². The summed E-state index contributed by atoms with van der Waals surface area (Å²) in [7, 11) is 0. The molecule has 2 N–H and O–H groups in total. The van der Waals surface area contributed by atoms with Crippen LogP contribution < -0.4 is 0 Å². The van der Waals surface area contributed by atoms with Crippen molar-refractivity contribution < 1.29 is 29.3 Å². The minimum Gasteiger partial charge on any atom is -0.458 e. The Labute approximate surface area is 212 Å². The topological polar surface area (TPSA) is 109 Å². The smallest absolute Gasteiger partial charge is 0.309 e. The average Bonchev–Trinajstić information content (AvgIpc) is 3.22. The standard InChI is InChI=1S/C27H41NO6S/c1-15-9-8-10-27(7)22(34-27)12-20(16(2)11-19-14-35-18(4)28-19)33-23(30)13-21(29)26(5,6)25(32)17(3)24(15)31/h11,14-15,17,20-22,24,29,31H,8-10,12-13H2,1-7H3/b16-11+/t15?,17?,20?,21-,22+,24?,27-/m0/s1. The van der Waals surface area contributed by atoms with Gasteiger partial charge in [-0.25, -0.2) is 4.98 Å². The highest BCUT2D eigenvalue weighted by molar-refractivity contribution is 7.09. The number of hydrogen-bond donors (Lipinski definition) is 2. The van der Waals surface area contributed by atoms with E-state index in [4.69, 9.17) is 9.47 Å². The zero-order chi connectivity index (χ0) is 26.1. The SMILES string of the molecule is C/C(=C\c1csc(C)n1)C1C[C@H]2O[C@@]2(C)CCCC(C)C(O)C(C)C(=O)C(C)(C)[C@@H](O)CC(=O)O1. The number of carbonyl (C=O) groups is 2. The van der Waals surface area contributed by atoms with E-state index in [1.165, 1.54) is 0 Å². The molecule has 0 bridgehead atoms. The number of aromatic nitrogens is 1. The maximum Gasteiger partial charge on any atom is 0.309 e. The molecule has 0 aromatic carbocycles. The molecule has 0 spiro atoms. The Morgan fingerprint density at radius 3 is 2.54 bits per heavy atom. The Morgan fingerprint density at radius 1 is 1.23 bits per heavy atom. The molecular formula is C27H41NO6S. The molecule has 0 radical (unpaired) electrons. The van der Waals surface area contributed by atoms with Gasteiger partial charge in [-0.1, -0.05) is 34.1 Å². The molecule has 8 heteroatoms. The molecule has 196 valence electrons. The second kappa shape index (κ2) is 10.8. The zero-order valence-electron chi connectivity index (χ0n) is 22.0. The van der Waals surface area contributed by atoms with E-state index in [0.29, 0.717) is 6.42 Å². The van der Waals surface area contributed by atoms with Crippen molar-refractivity contribution in [3.8, 4) is 0 Å². The third-order valence-corrected chi connectivity index (χ3v) is 8.72. The van der Waals surface area contributed by atoms with Gasteiger partial charge >= 0.3 is 5.97 Å². The van der Waals surface area contributed by atoms with Crippen LogP contribution >= 0.6 is 11.3 Å². The van der Waals surface area contributed by atoms with E-state index in [1.54, 1.807) is 32.1 Å². The molecule has 35 heavy (non-hydrogen) atoms. The van der Waals surface area contributed by atoms with E-state index in [-0.39, 0.29) is 29.8 Å². The highest BCUT2D eigenvalue weighted by atomic mass is 32.1. The van der Waals surface area contributed by atoms with E-state index in [1.807, 2.05) is 32.2 Å². The number of rotatable bonds is 2. The molecule has 1 aromatic heterocycles. The van der Waals surface area contributed by atoms with Gasteiger partial charge < -0.3 is 19.7 Å². The van der Waals surface area contributed by atoms with Crippen molar-refractivity contribution in [3.05, 3.63) is 21.7 Å². The second-order valence-corrected chi connectivity index (χ2v) is 12.3. The van der Waals surface area contributed by atoms with Crippen LogP contribution in [-0.4, -0.2) is 57.0 Å². The van der Waals surface area contributed by atoms with Crippen molar-refractivity contribution in [3.63, 3.8) is 0 Å². The largest absolute Gasteiger partial charge is 0.458 e. The molecule has 7 atom stereocenters. The first-order valence-corrected chi connectivity index (χ1v) is 13.5. The lowest BCUT2D eigenvalue weighted by Crippen LogP contribution is -2.45. The summed E-state index contributed by atoms with van der Waals surface area (Å²) in [5, 5.41) is 24.6. The van der Waals surface area contributed by atoms with Crippen LogP contribution in [0.25, 0.3) is 6.08 Å². The summed E-state index contributed by atoms with van der Waals surface area (Å²) in [6.07, 6.45) is 1.98. The number of epoxide rings is 1. The van der Waals surface area contributed by atoms with Crippen LogP contribution in [-0.2, 0) is 19.1 Å². The van der Waals surface area contributed by atoms with E-state index < -0.39 is 35.6 Å². The minimum atomic E-state index is -1.23. The monoisotopic (exact) mass is 507 g/mol. The molecule has 0 saturated carbocycles. The molecule has 7 nitrogen and oxygen atoms in total. The molecule has 3 rings (SSSR count). The maximum atomic E-state index is 13.2. The Balaban J connectivity index is 1.85. The Morgan fingerprint density at radius 2 is 1.91 bits per heavy atom. The summed E-state index contributed by atoms with van der Waals surface area (Å²) in [6.45, 7) is 12.8. The van der Waals surface area contributed by atoms with Gasteiger partial charge in [-0.15, -0.1) is 11.3 Å². The number of Topliss-reactive ketones (excluding diaryl/α,β-unsaturated/α-hetero) is 1. The number of cyclic esters (lactones) is 1. The number of hydrogen-bond acceptors (Lipinski definition) is 8. The Bertz CT molecular complexity index is 955. The molecule has 0 amide bonds. The Kier molecular flexibility index (Phi) is 8.62. The number of aliphatic hydroxyl groups excluding tert-OH is 2. The molecule has 1 aromatic rings. The number of nitrogens with zero attached hydrogens (tertiary/aromatic N) is 1. The van der Waals surface area contributed by atoms with E-state index >= 15 is 0 Å². The number of thiazole rings is 1. The highest BCUT2D eigenvalue weighted by Crippen LogP contribution is 2.45. The van der Waals surface area contributed by atoms with Crippen molar-refractivity contribution in [2.45, 2.75) is 111 Å². The predicted molar refractivity (Wildman–Crippen MR) is 136 cm³/mol. The third-order valence-electron chi connectivity index (χ3n) is 7.93. The summed E-state index contributed by atoms with van der Waals surface area (Å²) in [4.78, 5) is 30.6. The molecule has 3 heterocycles. The van der Waals surface area contributed by atoms with Crippen LogP contribution in [0.3, 0.4) is 0 Å². The number of esters is 1. The highest BCUT2D eigenvalue weighted by Gasteiger charge is 2.53. The number of aliphatic hydroxyl groups is 2. The van der Waals surface area contributed by atoms with Gasteiger partial charge in [-0.3, -0.25) is 9.59 Å². The maximum absolute atomic E-state index is 13.2. The van der Waals surface area contributed by atoms with Crippen molar-refractivity contribution in [2.24, 2.45) is 17.3 Å². The van der Waals surface area contributed by atoms with Crippen LogP contribution in [0.15, 0.2) is 11.0 Å². The quantitative estimate of drug-likeness (QED) is 0.449. The van der Waals surface area contributed by atoms with Crippen LogP contribution in [0.1, 0.15) is 84.3 Å². The van der Waals surface area contributed by atoms with Gasteiger partial charge in [0, 0.05) is 17.7 Å². The number of ether oxygens (including phenoxy) is 2. The van der Waals surface area contributed by atoms with Gasteiger partial charge in [-0.05, 0) is 51.2 Å². The lowest BCUT2D eigenvalue weighted by atomic mass is 9.73. The van der Waals surface area contributed by atoms with Crippen LogP contribution in [0, 0.1) is 24.2 Å². The lowest BCUT2D eigenvalue weighted by molar-refractivity contribution is -0.154. The van der Waals surface area contributed by atoms with Crippen molar-refractivity contribution in [1.82, 2.24) is 4.98 Å². The van der Waals surface area contributed by atoms with E-state index in [0.717, 1.165) is 35.5 Å². The molecule has 0 aliphatic carbocycles. The molecule has 2 aliphatic rings. The lowest BCUT2D eigenvalue weighted by Gasteiger charge is -2.34. The van der Waals surface area contributed by atoms with Gasteiger partial charge in [0.25, 0.3) is 0 Å². The molecule has 2 aliphatic heterocycles. The summed E-state index contributed by atoms with van der Waals surface area (Å²) in [5.74, 6) is -1.55. The fourth-order valence-electron chi connectivity index (χ4n) is 5.07. The van der Waals surface area contributed by atoms with Crippen molar-refractivity contribution in [2.75, 3.05) is 0 Å². The molecule has 2 saturated heterocycles. The van der Waals surface area contributed by atoms with Gasteiger partial charge in [0.1, 0.15) is 11.9 Å². The van der Waals surface area contributed by atoms with Gasteiger partial charge in [0.05, 0.1) is 46.5 Å². The summed E-state index contributed by atoms with van der Waals surface area (Å²) in [6, 6.07) is 0. The number of ketones is 1. The summed E-state index contributed by atoms with van der Waals surface area (Å²) >= 11 is 1.56. The van der Waals surface area contributed by atoms with Gasteiger partial charge in [0.2, 0.25) is 0 Å². The van der Waals surface area contributed by atoms with Crippen LogP contribution in [0.2, 0.25) is 0 Å². The van der Waals surface area contributed by atoms with E-state index in [9.17, 15) is 19.8 Å². The van der Waals surface area contributed by atoms with Gasteiger partial charge in [-0.2, -0.15) is 0 Å². The fraction of sp³-hybridized carbons (Fsp3) is 0.741. The Hall–Kier alpha value is -1.61. The summed E-state index contributed by atoms with van der Waals surface area (Å²) < 4.78 is 11.9. The summed E-state index contributed by atoms with van der Waals surface area (Å²) in [5.41, 5.74) is 0.179. The third kappa shape index (κ3) is 6.59. The zero-order valence-corrected chi connectivity index (χ0v) is 22.9. The van der Waals surface area contributed by atoms with E-state index in [2.05, 4.69) is 11.9 Å². The first kappa shape index (κ1) is 28.0. The fourth-order valence-corrected chi connectivity index (χ4v) is 5.64. The molecular weight excluding hydrogens is 466 g/mol.